The minimum Gasteiger partial charge on any atom is -0.463 e. The van der Waals surface area contributed by atoms with E-state index in [1.54, 1.807) is 5.57 Å². The van der Waals surface area contributed by atoms with E-state index in [9.17, 15) is 4.79 Å². The number of esters is 1. The fourth-order valence-corrected chi connectivity index (χ4v) is 12.0. The Labute approximate surface area is 232 Å². The molecule has 0 heterocycles. The Balaban J connectivity index is 1.30. The monoisotopic (exact) mass is 519 g/mol. The van der Waals surface area contributed by atoms with Gasteiger partial charge in [0.1, 0.15) is 0 Å². The second-order valence-electron chi connectivity index (χ2n) is 15.4. The molecule has 0 amide bonds. The maximum absolute atomic E-state index is 12.5. The molecule has 4 fully saturated rings. The number of fused-ring (bicyclic) bond motifs is 7. The van der Waals surface area contributed by atoms with Crippen LogP contribution in [0.1, 0.15) is 119 Å². The van der Waals surface area contributed by atoms with Gasteiger partial charge in [0.2, 0.25) is 0 Å². The highest BCUT2D eigenvalue weighted by Gasteiger charge is 2.65. The lowest BCUT2D eigenvalue weighted by Crippen LogP contribution is -2.63. The SMILES string of the molecule is CCOC(=O)C1=C(C)C=C(C2=CCC3(C)C(CCC4(C)C5CCC6(N)CCC[C@@H]6C5CCC43)C2(C)C)CC1. The van der Waals surface area contributed by atoms with Crippen molar-refractivity contribution in [2.75, 3.05) is 6.61 Å². The Morgan fingerprint density at radius 1 is 0.947 bits per heavy atom. The fourth-order valence-electron chi connectivity index (χ4n) is 12.0. The lowest BCUT2D eigenvalue weighted by Gasteiger charge is -2.68. The van der Waals surface area contributed by atoms with Gasteiger partial charge in [-0.05, 0) is 147 Å². The molecule has 3 heteroatoms. The third kappa shape index (κ3) is 3.72. The van der Waals surface area contributed by atoms with Crippen molar-refractivity contribution in [3.63, 3.8) is 0 Å². The highest BCUT2D eigenvalue weighted by atomic mass is 16.5. The Kier molecular flexibility index (Phi) is 6.42. The quantitative estimate of drug-likeness (QED) is 0.382. The molecule has 0 radical (unpaired) electrons. The van der Waals surface area contributed by atoms with Crippen LogP contribution < -0.4 is 5.73 Å². The molecule has 6 aliphatic carbocycles. The van der Waals surface area contributed by atoms with Crippen LogP contribution in [0, 0.1) is 45.8 Å². The Hall–Kier alpha value is -1.35. The summed E-state index contributed by atoms with van der Waals surface area (Å²) < 4.78 is 5.34. The van der Waals surface area contributed by atoms with E-state index in [0.29, 0.717) is 23.4 Å². The van der Waals surface area contributed by atoms with Gasteiger partial charge in [0.05, 0.1) is 6.61 Å². The average Bonchev–Trinajstić information content (AvgIpc) is 3.25. The molecular formula is C35H53NO2. The van der Waals surface area contributed by atoms with E-state index in [2.05, 4.69) is 46.8 Å². The van der Waals surface area contributed by atoms with Crippen molar-refractivity contribution in [2.24, 2.45) is 51.6 Å². The second kappa shape index (κ2) is 9.08. The normalized spacial score (nSPS) is 45.7. The molecule has 6 aliphatic rings. The van der Waals surface area contributed by atoms with Crippen LogP contribution in [0.25, 0.3) is 0 Å². The van der Waals surface area contributed by atoms with E-state index in [0.717, 1.165) is 47.7 Å². The van der Waals surface area contributed by atoms with E-state index in [-0.39, 0.29) is 16.9 Å². The summed E-state index contributed by atoms with van der Waals surface area (Å²) in [4.78, 5) is 12.5. The van der Waals surface area contributed by atoms with Gasteiger partial charge in [0.15, 0.2) is 0 Å². The average molecular weight is 520 g/mol. The van der Waals surface area contributed by atoms with Crippen molar-refractivity contribution in [1.82, 2.24) is 0 Å². The summed E-state index contributed by atoms with van der Waals surface area (Å²) in [6.45, 7) is 14.9. The van der Waals surface area contributed by atoms with Crippen molar-refractivity contribution < 1.29 is 9.53 Å². The maximum Gasteiger partial charge on any atom is 0.334 e. The summed E-state index contributed by atoms with van der Waals surface area (Å²) >= 11 is 0. The molecular weight excluding hydrogens is 466 g/mol. The largest absolute Gasteiger partial charge is 0.463 e. The first-order chi connectivity index (χ1) is 18.0. The molecule has 0 spiro atoms. The zero-order valence-electron chi connectivity index (χ0n) is 25.1. The predicted molar refractivity (Wildman–Crippen MR) is 155 cm³/mol. The van der Waals surface area contributed by atoms with Crippen molar-refractivity contribution in [2.45, 2.75) is 124 Å². The zero-order chi connectivity index (χ0) is 27.1. The molecule has 4 saturated carbocycles. The van der Waals surface area contributed by atoms with E-state index in [1.165, 1.54) is 69.8 Å². The van der Waals surface area contributed by atoms with Gasteiger partial charge in [-0.2, -0.15) is 0 Å². The smallest absolute Gasteiger partial charge is 0.334 e. The minimum atomic E-state index is -0.126. The van der Waals surface area contributed by atoms with Gasteiger partial charge in [0, 0.05) is 11.1 Å². The lowest BCUT2D eigenvalue weighted by molar-refractivity contribution is -0.173. The number of rotatable bonds is 3. The van der Waals surface area contributed by atoms with E-state index in [4.69, 9.17) is 10.5 Å². The summed E-state index contributed by atoms with van der Waals surface area (Å²) in [5.74, 6) is 3.94. The summed E-state index contributed by atoms with van der Waals surface area (Å²) in [7, 11) is 0. The Morgan fingerprint density at radius 2 is 1.74 bits per heavy atom. The van der Waals surface area contributed by atoms with Crippen molar-refractivity contribution >= 4 is 5.97 Å². The summed E-state index contributed by atoms with van der Waals surface area (Å²) in [5, 5.41) is 0. The Morgan fingerprint density at radius 3 is 2.47 bits per heavy atom. The van der Waals surface area contributed by atoms with E-state index in [1.807, 2.05) is 6.92 Å². The standard InChI is InChI=1S/C35H53NO2/c1-7-38-31(37)24-11-10-23(21-22(24)2)26-14-18-34(6)29(32(26,3)4)16-19-33(5)27-15-20-35(36)17-8-9-28(35)25(27)12-13-30(33)34/h14,21,25,27-30H,7-13,15-20,36H2,1-6H3/t25?,27?,28-,29?,30?,33?,34?,35?/m1/s1. The first kappa shape index (κ1) is 26.9. The maximum atomic E-state index is 12.5. The highest BCUT2D eigenvalue weighted by molar-refractivity contribution is 5.90. The van der Waals surface area contributed by atoms with Crippen LogP contribution in [-0.2, 0) is 9.53 Å². The molecule has 0 aromatic carbocycles. The highest BCUT2D eigenvalue weighted by Crippen LogP contribution is 2.72. The second-order valence-corrected chi connectivity index (χ2v) is 15.4. The van der Waals surface area contributed by atoms with E-state index >= 15 is 0 Å². The van der Waals surface area contributed by atoms with Crippen molar-refractivity contribution in [3.8, 4) is 0 Å². The van der Waals surface area contributed by atoms with Crippen LogP contribution in [-0.4, -0.2) is 18.1 Å². The van der Waals surface area contributed by atoms with E-state index < -0.39 is 0 Å². The Bertz CT molecular complexity index is 1100. The number of carbonyl (C=O) groups is 1. The van der Waals surface area contributed by atoms with Gasteiger partial charge in [0.25, 0.3) is 0 Å². The van der Waals surface area contributed by atoms with Crippen LogP contribution in [0.5, 0.6) is 0 Å². The number of ether oxygens (including phenoxy) is 1. The molecule has 0 aliphatic heterocycles. The molecule has 210 valence electrons. The van der Waals surface area contributed by atoms with Crippen LogP contribution in [0.4, 0.5) is 0 Å². The molecule has 3 nitrogen and oxygen atoms in total. The van der Waals surface area contributed by atoms with Gasteiger partial charge >= 0.3 is 5.97 Å². The van der Waals surface area contributed by atoms with Crippen LogP contribution >= 0.6 is 0 Å². The molecule has 6 rings (SSSR count). The van der Waals surface area contributed by atoms with Gasteiger partial charge in [-0.15, -0.1) is 0 Å². The first-order valence-electron chi connectivity index (χ1n) is 16.0. The number of hydrogen-bond donors (Lipinski definition) is 1. The third-order valence-corrected chi connectivity index (χ3v) is 13.5. The van der Waals surface area contributed by atoms with Gasteiger partial charge in [-0.3, -0.25) is 0 Å². The molecule has 0 aromatic heterocycles. The summed E-state index contributed by atoms with van der Waals surface area (Å²) in [5.41, 5.74) is 13.2. The predicted octanol–water partition coefficient (Wildman–Crippen LogP) is 8.30. The minimum absolute atomic E-state index is 0.126. The molecule has 0 saturated heterocycles. The molecule has 7 unspecified atom stereocenters. The van der Waals surface area contributed by atoms with Gasteiger partial charge < -0.3 is 10.5 Å². The van der Waals surface area contributed by atoms with Gasteiger partial charge in [-0.25, -0.2) is 4.79 Å². The summed E-state index contributed by atoms with van der Waals surface area (Å²) in [6.07, 6.45) is 20.2. The zero-order valence-corrected chi connectivity index (χ0v) is 25.1. The molecule has 8 atom stereocenters. The van der Waals surface area contributed by atoms with Crippen LogP contribution in [0.2, 0.25) is 0 Å². The fraction of sp³-hybridized carbons (Fsp3) is 0.800. The number of hydrogen-bond acceptors (Lipinski definition) is 3. The topological polar surface area (TPSA) is 52.3 Å². The van der Waals surface area contributed by atoms with Crippen LogP contribution in [0.3, 0.4) is 0 Å². The molecule has 0 bridgehead atoms. The number of nitrogens with two attached hydrogens (primary N) is 1. The number of carbonyl (C=O) groups excluding carboxylic acids is 1. The molecule has 2 N–H and O–H groups in total. The third-order valence-electron chi connectivity index (χ3n) is 13.5. The van der Waals surface area contributed by atoms with Gasteiger partial charge in [-0.1, -0.05) is 46.3 Å². The number of allylic oxidation sites excluding steroid dienone is 5. The summed E-state index contributed by atoms with van der Waals surface area (Å²) in [6, 6.07) is 0. The van der Waals surface area contributed by atoms with Crippen molar-refractivity contribution in [1.29, 1.82) is 0 Å². The molecule has 0 aromatic rings. The van der Waals surface area contributed by atoms with Crippen LogP contribution in [0.15, 0.2) is 34.4 Å². The van der Waals surface area contributed by atoms with Crippen molar-refractivity contribution in [3.05, 3.63) is 34.4 Å². The first-order valence-corrected chi connectivity index (χ1v) is 16.0. The molecule has 38 heavy (non-hydrogen) atoms. The lowest BCUT2D eigenvalue weighted by atomic mass is 9.37.